The summed E-state index contributed by atoms with van der Waals surface area (Å²) in [5, 5.41) is 3.67. The van der Waals surface area contributed by atoms with Crippen molar-refractivity contribution in [3.05, 3.63) is 0 Å². The summed E-state index contributed by atoms with van der Waals surface area (Å²) in [6, 6.07) is 1.34. The fourth-order valence-electron chi connectivity index (χ4n) is 2.91. The summed E-state index contributed by atoms with van der Waals surface area (Å²) in [5.41, 5.74) is 0. The van der Waals surface area contributed by atoms with E-state index >= 15 is 0 Å². The van der Waals surface area contributed by atoms with Crippen molar-refractivity contribution in [2.24, 2.45) is 5.92 Å². The number of rotatable bonds is 6. The molecule has 100 valence electrons. The van der Waals surface area contributed by atoms with E-state index in [1.54, 1.807) is 0 Å². The summed E-state index contributed by atoms with van der Waals surface area (Å²) in [5.74, 6) is 0.936. The predicted molar refractivity (Wildman–Crippen MR) is 71.3 cm³/mol. The Hall–Kier alpha value is -0.120. The maximum Gasteiger partial charge on any atom is 0.0674 e. The zero-order valence-corrected chi connectivity index (χ0v) is 11.6. The second-order valence-electron chi connectivity index (χ2n) is 5.66. The smallest absolute Gasteiger partial charge is 0.0674 e. The van der Waals surface area contributed by atoms with Crippen molar-refractivity contribution in [2.45, 2.75) is 58.2 Å². The first-order chi connectivity index (χ1) is 8.24. The van der Waals surface area contributed by atoms with Crippen LogP contribution in [0.2, 0.25) is 0 Å². The van der Waals surface area contributed by atoms with E-state index in [4.69, 9.17) is 4.74 Å². The molecule has 0 spiro atoms. The number of nitrogens with zero attached hydrogens (tertiary/aromatic N) is 1. The average Bonchev–Trinajstić information content (AvgIpc) is 3.13. The van der Waals surface area contributed by atoms with Crippen LogP contribution >= 0.6 is 0 Å². The van der Waals surface area contributed by atoms with Crippen LogP contribution in [0.4, 0.5) is 0 Å². The highest BCUT2D eigenvalue weighted by atomic mass is 16.5. The molecule has 1 aliphatic heterocycles. The third-order valence-electron chi connectivity index (χ3n) is 4.14. The Morgan fingerprint density at radius 2 is 2.12 bits per heavy atom. The predicted octanol–water partition coefficient (Wildman–Crippen LogP) is 1.87. The highest BCUT2D eigenvalue weighted by Crippen LogP contribution is 2.33. The molecule has 0 aromatic carbocycles. The molecule has 1 N–H and O–H groups in total. The van der Waals surface area contributed by atoms with Gasteiger partial charge in [-0.05, 0) is 38.6 Å². The maximum absolute atomic E-state index is 5.77. The van der Waals surface area contributed by atoms with Gasteiger partial charge in [-0.1, -0.05) is 13.8 Å². The highest BCUT2D eigenvalue weighted by molar-refractivity contribution is 4.90. The Morgan fingerprint density at radius 3 is 2.71 bits per heavy atom. The van der Waals surface area contributed by atoms with E-state index in [9.17, 15) is 0 Å². The topological polar surface area (TPSA) is 24.5 Å². The van der Waals surface area contributed by atoms with Crippen LogP contribution in [0, 0.1) is 5.92 Å². The number of hydrogen-bond acceptors (Lipinski definition) is 3. The number of hydrogen-bond donors (Lipinski definition) is 1. The largest absolute Gasteiger partial charge is 0.376 e. The molecular weight excluding hydrogens is 212 g/mol. The van der Waals surface area contributed by atoms with Gasteiger partial charge in [0, 0.05) is 25.2 Å². The van der Waals surface area contributed by atoms with E-state index in [2.05, 4.69) is 31.0 Å². The monoisotopic (exact) mass is 240 g/mol. The molecule has 0 bridgehead atoms. The molecule has 1 heterocycles. The van der Waals surface area contributed by atoms with Crippen molar-refractivity contribution in [3.8, 4) is 0 Å². The lowest BCUT2D eigenvalue weighted by molar-refractivity contribution is -0.0591. The van der Waals surface area contributed by atoms with Crippen LogP contribution in [-0.2, 0) is 4.74 Å². The zero-order valence-electron chi connectivity index (χ0n) is 11.6. The molecule has 0 amide bonds. The van der Waals surface area contributed by atoms with Gasteiger partial charge in [-0.3, -0.25) is 4.90 Å². The van der Waals surface area contributed by atoms with Gasteiger partial charge >= 0.3 is 0 Å². The van der Waals surface area contributed by atoms with Crippen molar-refractivity contribution in [1.82, 2.24) is 10.2 Å². The molecule has 3 atom stereocenters. The van der Waals surface area contributed by atoms with Crippen molar-refractivity contribution in [3.63, 3.8) is 0 Å². The Labute approximate surface area is 106 Å². The van der Waals surface area contributed by atoms with Crippen LogP contribution in [0.3, 0.4) is 0 Å². The standard InChI is InChI=1S/C14H28N2O/c1-4-13-10-17-11(3)8-16(13)9-14(15-5-2)12-6-7-12/h11-15H,4-10H2,1-3H3. The molecule has 1 aliphatic carbocycles. The second-order valence-corrected chi connectivity index (χ2v) is 5.66. The second kappa shape index (κ2) is 6.17. The number of ether oxygens (including phenoxy) is 1. The molecule has 0 aromatic heterocycles. The van der Waals surface area contributed by atoms with E-state index < -0.39 is 0 Å². The minimum atomic E-state index is 0.402. The quantitative estimate of drug-likeness (QED) is 0.767. The Balaban J connectivity index is 1.88. The fraction of sp³-hybridized carbons (Fsp3) is 1.00. The normalized spacial score (nSPS) is 32.6. The van der Waals surface area contributed by atoms with Gasteiger partial charge in [-0.2, -0.15) is 0 Å². The van der Waals surface area contributed by atoms with E-state index in [1.165, 1.54) is 25.8 Å². The van der Waals surface area contributed by atoms with Crippen molar-refractivity contribution in [1.29, 1.82) is 0 Å². The van der Waals surface area contributed by atoms with Gasteiger partial charge in [-0.25, -0.2) is 0 Å². The average molecular weight is 240 g/mol. The number of morpholine rings is 1. The van der Waals surface area contributed by atoms with Crippen LogP contribution in [0.25, 0.3) is 0 Å². The summed E-state index contributed by atoms with van der Waals surface area (Å²) in [6.45, 7) is 11.0. The zero-order chi connectivity index (χ0) is 12.3. The van der Waals surface area contributed by atoms with Crippen LogP contribution in [0.5, 0.6) is 0 Å². The molecule has 3 nitrogen and oxygen atoms in total. The van der Waals surface area contributed by atoms with Crippen LogP contribution in [0.15, 0.2) is 0 Å². The Bertz CT molecular complexity index is 230. The minimum Gasteiger partial charge on any atom is -0.376 e. The third-order valence-corrected chi connectivity index (χ3v) is 4.14. The lowest BCUT2D eigenvalue weighted by atomic mass is 10.1. The molecular formula is C14H28N2O. The summed E-state index contributed by atoms with van der Waals surface area (Å²) >= 11 is 0. The first kappa shape index (κ1) is 13.3. The van der Waals surface area contributed by atoms with Gasteiger partial charge in [0.25, 0.3) is 0 Å². The van der Waals surface area contributed by atoms with Crippen molar-refractivity contribution >= 4 is 0 Å². The van der Waals surface area contributed by atoms with Crippen LogP contribution < -0.4 is 5.32 Å². The van der Waals surface area contributed by atoms with Crippen LogP contribution in [0.1, 0.15) is 40.0 Å². The van der Waals surface area contributed by atoms with E-state index in [1.807, 2.05) is 0 Å². The van der Waals surface area contributed by atoms with Crippen molar-refractivity contribution in [2.75, 3.05) is 26.2 Å². The number of likely N-dealkylation sites (N-methyl/N-ethyl adjacent to an activating group) is 1. The Kier molecular flexibility index (Phi) is 4.83. The summed E-state index contributed by atoms with van der Waals surface area (Å²) in [4.78, 5) is 2.65. The first-order valence-electron chi connectivity index (χ1n) is 7.33. The van der Waals surface area contributed by atoms with Gasteiger partial charge in [-0.15, -0.1) is 0 Å². The summed E-state index contributed by atoms with van der Waals surface area (Å²) < 4.78 is 5.77. The number of nitrogens with one attached hydrogen (secondary N) is 1. The molecule has 2 rings (SSSR count). The molecule has 2 aliphatic rings. The highest BCUT2D eigenvalue weighted by Gasteiger charge is 2.34. The van der Waals surface area contributed by atoms with Gasteiger partial charge in [0.1, 0.15) is 0 Å². The molecule has 3 heteroatoms. The van der Waals surface area contributed by atoms with Crippen LogP contribution in [-0.4, -0.2) is 49.3 Å². The fourth-order valence-corrected chi connectivity index (χ4v) is 2.91. The van der Waals surface area contributed by atoms with E-state index in [0.717, 1.165) is 25.6 Å². The third kappa shape index (κ3) is 3.67. The summed E-state index contributed by atoms with van der Waals surface area (Å²) in [7, 11) is 0. The minimum absolute atomic E-state index is 0.402. The van der Waals surface area contributed by atoms with E-state index in [0.29, 0.717) is 18.2 Å². The Morgan fingerprint density at radius 1 is 1.35 bits per heavy atom. The van der Waals surface area contributed by atoms with Gasteiger partial charge < -0.3 is 10.1 Å². The van der Waals surface area contributed by atoms with E-state index in [-0.39, 0.29) is 0 Å². The molecule has 1 saturated heterocycles. The van der Waals surface area contributed by atoms with Gasteiger partial charge in [0.05, 0.1) is 12.7 Å². The maximum atomic E-state index is 5.77. The molecule has 2 fully saturated rings. The summed E-state index contributed by atoms with van der Waals surface area (Å²) in [6.07, 6.45) is 4.46. The molecule has 17 heavy (non-hydrogen) atoms. The molecule has 1 saturated carbocycles. The van der Waals surface area contributed by atoms with Gasteiger partial charge in [0.2, 0.25) is 0 Å². The van der Waals surface area contributed by atoms with Gasteiger partial charge in [0.15, 0.2) is 0 Å². The molecule has 0 radical (unpaired) electrons. The molecule has 3 unspecified atom stereocenters. The SMILES string of the molecule is CCNC(CN1CC(C)OCC1CC)C1CC1. The first-order valence-corrected chi connectivity index (χ1v) is 7.33. The lowest BCUT2D eigenvalue weighted by Gasteiger charge is -2.40. The molecule has 0 aromatic rings. The lowest BCUT2D eigenvalue weighted by Crippen LogP contribution is -2.53. The van der Waals surface area contributed by atoms with Crippen molar-refractivity contribution < 1.29 is 4.74 Å².